The molecule has 1 atom stereocenters. The second-order valence-electron chi connectivity index (χ2n) is 4.11. The van der Waals surface area contributed by atoms with Crippen LogP contribution in [0.15, 0.2) is 27.6 Å². The smallest absolute Gasteiger partial charge is 0.207 e. The van der Waals surface area contributed by atoms with Gasteiger partial charge >= 0.3 is 0 Å². The van der Waals surface area contributed by atoms with Crippen LogP contribution >= 0.6 is 27.7 Å². The quantitative estimate of drug-likeness (QED) is 0.838. The summed E-state index contributed by atoms with van der Waals surface area (Å²) in [5.41, 5.74) is 0. The fourth-order valence-electron chi connectivity index (χ4n) is 1.84. The van der Waals surface area contributed by atoms with Gasteiger partial charge in [0.2, 0.25) is 10.0 Å². The molecule has 1 heterocycles. The zero-order chi connectivity index (χ0) is 13.3. The van der Waals surface area contributed by atoms with Gasteiger partial charge in [0.1, 0.15) is 5.82 Å². The van der Waals surface area contributed by atoms with Gasteiger partial charge in [0, 0.05) is 23.3 Å². The topological polar surface area (TPSA) is 37.4 Å². The maximum absolute atomic E-state index is 13.0. The van der Waals surface area contributed by atoms with Crippen molar-refractivity contribution in [3.8, 4) is 0 Å². The number of thioether (sulfide) groups is 1. The second kappa shape index (κ2) is 5.48. The van der Waals surface area contributed by atoms with Crippen LogP contribution in [0, 0.1) is 5.82 Å². The molecule has 100 valence electrons. The van der Waals surface area contributed by atoms with Gasteiger partial charge in [0.05, 0.1) is 4.90 Å². The Bertz CT molecular complexity index is 544. The molecule has 0 N–H and O–H groups in total. The molecule has 1 unspecified atom stereocenters. The lowest BCUT2D eigenvalue weighted by atomic mass is 10.3. The Morgan fingerprint density at radius 3 is 2.78 bits per heavy atom. The van der Waals surface area contributed by atoms with Gasteiger partial charge < -0.3 is 0 Å². The summed E-state index contributed by atoms with van der Waals surface area (Å²) in [5, 5.41) is 0. The van der Waals surface area contributed by atoms with Gasteiger partial charge in [-0.2, -0.15) is 16.1 Å². The predicted octanol–water partition coefficient (Wildman–Crippen LogP) is 2.71. The van der Waals surface area contributed by atoms with Crippen LogP contribution in [0.1, 0.15) is 6.42 Å². The van der Waals surface area contributed by atoms with Crippen molar-refractivity contribution in [2.75, 3.05) is 18.6 Å². The molecule has 1 aromatic rings. The fraction of sp³-hybridized carbons (Fsp3) is 0.455. The van der Waals surface area contributed by atoms with E-state index in [0.29, 0.717) is 0 Å². The Morgan fingerprint density at radius 1 is 1.50 bits per heavy atom. The van der Waals surface area contributed by atoms with E-state index in [9.17, 15) is 12.8 Å². The minimum atomic E-state index is -3.56. The van der Waals surface area contributed by atoms with Crippen molar-refractivity contribution in [1.29, 1.82) is 0 Å². The Kier molecular flexibility index (Phi) is 4.36. The van der Waals surface area contributed by atoms with Gasteiger partial charge in [-0.15, -0.1) is 0 Å². The zero-order valence-electron chi connectivity index (χ0n) is 9.77. The first-order chi connectivity index (χ1) is 8.43. The molecular formula is C11H13BrFNO2S2. The molecule has 1 aliphatic heterocycles. The molecule has 0 bridgehead atoms. The number of benzene rings is 1. The molecule has 0 saturated carbocycles. The molecule has 7 heteroatoms. The average molecular weight is 354 g/mol. The highest BCUT2D eigenvalue weighted by molar-refractivity contribution is 9.10. The first kappa shape index (κ1) is 14.3. The van der Waals surface area contributed by atoms with E-state index in [-0.39, 0.29) is 15.4 Å². The SMILES string of the molecule is CN(C1CCSC1)S(=O)(=O)c1ccc(F)cc1Br. The molecule has 0 aliphatic carbocycles. The summed E-state index contributed by atoms with van der Waals surface area (Å²) in [7, 11) is -1.98. The molecule has 0 spiro atoms. The van der Waals surface area contributed by atoms with E-state index in [0.717, 1.165) is 24.0 Å². The van der Waals surface area contributed by atoms with Crippen molar-refractivity contribution in [2.24, 2.45) is 0 Å². The maximum Gasteiger partial charge on any atom is 0.244 e. The Hall–Kier alpha value is -0.110. The summed E-state index contributed by atoms with van der Waals surface area (Å²) >= 11 is 4.86. The van der Waals surface area contributed by atoms with Crippen LogP contribution in [0.2, 0.25) is 0 Å². The molecule has 1 aliphatic rings. The highest BCUT2D eigenvalue weighted by atomic mass is 79.9. The maximum atomic E-state index is 13.0. The van der Waals surface area contributed by atoms with E-state index in [1.807, 2.05) is 0 Å². The van der Waals surface area contributed by atoms with Crippen LogP contribution in [0.5, 0.6) is 0 Å². The number of hydrogen-bond acceptors (Lipinski definition) is 3. The average Bonchev–Trinajstić information content (AvgIpc) is 2.80. The van der Waals surface area contributed by atoms with Gasteiger partial charge in [-0.25, -0.2) is 12.8 Å². The van der Waals surface area contributed by atoms with Crippen molar-refractivity contribution in [3.63, 3.8) is 0 Å². The highest BCUT2D eigenvalue weighted by Gasteiger charge is 2.31. The largest absolute Gasteiger partial charge is 0.244 e. The van der Waals surface area contributed by atoms with Crippen LogP contribution in [-0.4, -0.2) is 37.3 Å². The first-order valence-electron chi connectivity index (χ1n) is 5.44. The zero-order valence-corrected chi connectivity index (χ0v) is 13.0. The standard InChI is InChI=1S/C11H13BrFNO2S2/c1-14(9-4-5-17-7-9)18(15,16)11-3-2-8(13)6-10(11)12/h2-3,6,9H,4-5,7H2,1H3. The van der Waals surface area contributed by atoms with Crippen LogP contribution in [-0.2, 0) is 10.0 Å². The molecular weight excluding hydrogens is 341 g/mol. The Balaban J connectivity index is 2.35. The molecule has 0 aromatic heterocycles. The monoisotopic (exact) mass is 353 g/mol. The fourth-order valence-corrected chi connectivity index (χ4v) is 5.60. The van der Waals surface area contributed by atoms with Gasteiger partial charge in [-0.3, -0.25) is 0 Å². The van der Waals surface area contributed by atoms with Crippen molar-refractivity contribution in [1.82, 2.24) is 4.31 Å². The van der Waals surface area contributed by atoms with Gasteiger partial charge in [-0.05, 0) is 46.3 Å². The van der Waals surface area contributed by atoms with Crippen LogP contribution in [0.4, 0.5) is 4.39 Å². The lowest BCUT2D eigenvalue weighted by Crippen LogP contribution is -2.37. The number of nitrogens with zero attached hydrogens (tertiary/aromatic N) is 1. The first-order valence-corrected chi connectivity index (χ1v) is 8.82. The number of halogens is 2. The number of rotatable bonds is 3. The van der Waals surface area contributed by atoms with Crippen LogP contribution < -0.4 is 0 Å². The van der Waals surface area contributed by atoms with E-state index >= 15 is 0 Å². The summed E-state index contributed by atoms with van der Waals surface area (Å²) in [5.74, 6) is 1.34. The normalized spacial score (nSPS) is 20.6. The molecule has 1 saturated heterocycles. The Morgan fingerprint density at radius 2 is 2.22 bits per heavy atom. The predicted molar refractivity (Wildman–Crippen MR) is 74.8 cm³/mol. The lowest BCUT2D eigenvalue weighted by Gasteiger charge is -2.23. The van der Waals surface area contributed by atoms with Crippen LogP contribution in [0.25, 0.3) is 0 Å². The van der Waals surface area contributed by atoms with E-state index in [1.165, 1.54) is 16.4 Å². The van der Waals surface area contributed by atoms with Crippen molar-refractivity contribution >= 4 is 37.7 Å². The van der Waals surface area contributed by atoms with E-state index in [2.05, 4.69) is 15.9 Å². The second-order valence-corrected chi connectivity index (χ2v) is 8.08. The summed E-state index contributed by atoms with van der Waals surface area (Å²) in [4.78, 5) is 0.114. The minimum absolute atomic E-state index is 0.0250. The van der Waals surface area contributed by atoms with Gasteiger partial charge in [-0.1, -0.05) is 0 Å². The molecule has 2 rings (SSSR count). The van der Waals surface area contributed by atoms with Gasteiger partial charge in [0.15, 0.2) is 0 Å². The summed E-state index contributed by atoms with van der Waals surface area (Å²) < 4.78 is 39.5. The molecule has 3 nitrogen and oxygen atoms in total. The number of sulfonamides is 1. The minimum Gasteiger partial charge on any atom is -0.207 e. The third kappa shape index (κ3) is 2.74. The van der Waals surface area contributed by atoms with Crippen molar-refractivity contribution < 1.29 is 12.8 Å². The molecule has 18 heavy (non-hydrogen) atoms. The Labute approximate surface area is 119 Å². The summed E-state index contributed by atoms with van der Waals surface area (Å²) in [6.07, 6.45) is 0.860. The van der Waals surface area contributed by atoms with Crippen molar-refractivity contribution in [2.45, 2.75) is 17.4 Å². The lowest BCUT2D eigenvalue weighted by molar-refractivity contribution is 0.394. The summed E-state index contributed by atoms with van der Waals surface area (Å²) in [6.45, 7) is 0. The highest BCUT2D eigenvalue weighted by Crippen LogP contribution is 2.30. The summed E-state index contributed by atoms with van der Waals surface area (Å²) in [6, 6.07) is 3.66. The van der Waals surface area contributed by atoms with Crippen LogP contribution in [0.3, 0.4) is 0 Å². The van der Waals surface area contributed by atoms with E-state index in [4.69, 9.17) is 0 Å². The molecule has 0 amide bonds. The number of hydrogen-bond donors (Lipinski definition) is 0. The third-order valence-electron chi connectivity index (χ3n) is 2.97. The van der Waals surface area contributed by atoms with E-state index in [1.54, 1.807) is 18.8 Å². The van der Waals surface area contributed by atoms with Crippen molar-refractivity contribution in [3.05, 3.63) is 28.5 Å². The third-order valence-corrected chi connectivity index (χ3v) is 7.00. The molecule has 0 radical (unpaired) electrons. The van der Waals surface area contributed by atoms with Gasteiger partial charge in [0.25, 0.3) is 0 Å². The molecule has 1 fully saturated rings. The molecule has 1 aromatic carbocycles. The van der Waals surface area contributed by atoms with E-state index < -0.39 is 15.8 Å².